The van der Waals surface area contributed by atoms with Gasteiger partial charge in [0.1, 0.15) is 17.2 Å². The quantitative estimate of drug-likeness (QED) is 0.346. The predicted octanol–water partition coefficient (Wildman–Crippen LogP) is 6.99. The maximum atomic E-state index is 9.63. The normalized spacial score (nSPS) is 12.4. The molecule has 0 amide bonds. The molecule has 0 saturated carbocycles. The summed E-state index contributed by atoms with van der Waals surface area (Å²) in [5.74, 6) is 2.21. The highest BCUT2D eigenvalue weighted by molar-refractivity contribution is 5.93. The van der Waals surface area contributed by atoms with E-state index in [4.69, 9.17) is 4.74 Å². The van der Waals surface area contributed by atoms with Crippen LogP contribution in [-0.2, 0) is 12.8 Å². The highest BCUT2D eigenvalue weighted by Crippen LogP contribution is 2.45. The number of rotatable bonds is 2. The van der Waals surface area contributed by atoms with Crippen molar-refractivity contribution in [3.63, 3.8) is 0 Å². The molecular formula is C28H20O2. The zero-order valence-corrected chi connectivity index (χ0v) is 16.4. The Balaban J connectivity index is 1.55. The Hall–Kier alpha value is -3.78. The first-order valence-corrected chi connectivity index (χ1v) is 10.3. The lowest BCUT2D eigenvalue weighted by Gasteiger charge is -2.26. The van der Waals surface area contributed by atoms with Gasteiger partial charge < -0.3 is 9.84 Å². The number of ether oxygens (including phenoxy) is 1. The summed E-state index contributed by atoms with van der Waals surface area (Å²) in [5, 5.41) is 14.6. The lowest BCUT2D eigenvalue weighted by Crippen LogP contribution is -2.07. The first-order valence-electron chi connectivity index (χ1n) is 10.3. The van der Waals surface area contributed by atoms with Gasteiger partial charge in [-0.1, -0.05) is 66.7 Å². The molecule has 2 nitrogen and oxygen atoms in total. The van der Waals surface area contributed by atoms with Gasteiger partial charge in [0.25, 0.3) is 0 Å². The van der Waals surface area contributed by atoms with E-state index in [2.05, 4.69) is 66.7 Å². The largest absolute Gasteiger partial charge is 0.508 e. The number of fused-ring (bicyclic) bond motifs is 6. The van der Waals surface area contributed by atoms with E-state index in [0.29, 0.717) is 0 Å². The fourth-order valence-corrected chi connectivity index (χ4v) is 4.62. The molecule has 1 N–H and O–H groups in total. The Morgan fingerprint density at radius 1 is 0.700 bits per heavy atom. The molecule has 0 spiro atoms. The minimum absolute atomic E-state index is 0.288. The molecule has 0 fully saturated rings. The molecular weight excluding hydrogens is 368 g/mol. The molecule has 1 aliphatic rings. The lowest BCUT2D eigenvalue weighted by molar-refractivity contribution is 0.458. The van der Waals surface area contributed by atoms with Gasteiger partial charge in [0.15, 0.2) is 0 Å². The number of benzene rings is 5. The smallest absolute Gasteiger partial charge is 0.135 e. The van der Waals surface area contributed by atoms with Gasteiger partial charge in [-0.2, -0.15) is 0 Å². The molecule has 6 rings (SSSR count). The van der Waals surface area contributed by atoms with Crippen LogP contribution in [0.2, 0.25) is 0 Å². The van der Waals surface area contributed by atoms with E-state index < -0.39 is 0 Å². The number of aromatic hydroxyl groups is 1. The molecule has 144 valence electrons. The van der Waals surface area contributed by atoms with E-state index in [-0.39, 0.29) is 5.75 Å². The molecule has 30 heavy (non-hydrogen) atoms. The zero-order valence-electron chi connectivity index (χ0n) is 16.4. The van der Waals surface area contributed by atoms with Crippen molar-refractivity contribution in [3.8, 4) is 17.2 Å². The highest BCUT2D eigenvalue weighted by atomic mass is 16.5. The molecule has 0 aromatic heterocycles. The second-order valence-electron chi connectivity index (χ2n) is 7.95. The highest BCUT2D eigenvalue weighted by Gasteiger charge is 2.24. The van der Waals surface area contributed by atoms with E-state index >= 15 is 0 Å². The first kappa shape index (κ1) is 17.1. The van der Waals surface area contributed by atoms with Gasteiger partial charge in [0.2, 0.25) is 0 Å². The Kier molecular flexibility index (Phi) is 3.78. The molecule has 0 bridgehead atoms. The van der Waals surface area contributed by atoms with Gasteiger partial charge >= 0.3 is 0 Å². The van der Waals surface area contributed by atoms with Gasteiger partial charge in [0, 0.05) is 29.5 Å². The van der Waals surface area contributed by atoms with E-state index in [0.717, 1.165) is 29.9 Å². The van der Waals surface area contributed by atoms with Crippen molar-refractivity contribution >= 4 is 21.5 Å². The van der Waals surface area contributed by atoms with Gasteiger partial charge in [-0.3, -0.25) is 0 Å². The number of hydrogen-bond donors (Lipinski definition) is 1. The van der Waals surface area contributed by atoms with Crippen molar-refractivity contribution < 1.29 is 9.84 Å². The van der Waals surface area contributed by atoms with E-state index in [1.54, 1.807) is 12.1 Å². The molecule has 0 atom stereocenters. The second-order valence-corrected chi connectivity index (χ2v) is 7.95. The van der Waals surface area contributed by atoms with E-state index in [9.17, 15) is 5.11 Å². The summed E-state index contributed by atoms with van der Waals surface area (Å²) in [6.07, 6.45) is 1.62. The van der Waals surface area contributed by atoms with Gasteiger partial charge in [-0.25, -0.2) is 0 Å². The summed E-state index contributed by atoms with van der Waals surface area (Å²) in [6.45, 7) is 0. The fraction of sp³-hybridized carbons (Fsp3) is 0.0714. The van der Waals surface area contributed by atoms with Crippen LogP contribution in [0.25, 0.3) is 21.5 Å². The molecule has 5 aromatic carbocycles. The summed E-state index contributed by atoms with van der Waals surface area (Å²) in [4.78, 5) is 0. The van der Waals surface area contributed by atoms with Crippen molar-refractivity contribution in [2.24, 2.45) is 0 Å². The minimum atomic E-state index is 0.288. The molecule has 0 saturated heterocycles. The Morgan fingerprint density at radius 3 is 2.20 bits per heavy atom. The molecule has 1 aliphatic heterocycles. The third kappa shape index (κ3) is 2.73. The van der Waals surface area contributed by atoms with Crippen LogP contribution in [0.3, 0.4) is 0 Å². The molecule has 1 heterocycles. The number of phenolic OH excluding ortho intramolecular Hbond substituents is 1. The van der Waals surface area contributed by atoms with Crippen molar-refractivity contribution in [1.29, 1.82) is 0 Å². The summed E-state index contributed by atoms with van der Waals surface area (Å²) in [7, 11) is 0. The van der Waals surface area contributed by atoms with Gasteiger partial charge in [-0.15, -0.1) is 0 Å². The first-order chi connectivity index (χ1) is 14.8. The van der Waals surface area contributed by atoms with E-state index in [1.807, 2.05) is 12.1 Å². The van der Waals surface area contributed by atoms with Crippen molar-refractivity contribution in [2.45, 2.75) is 12.8 Å². The summed E-state index contributed by atoms with van der Waals surface area (Å²) in [5.41, 5.74) is 4.84. The molecule has 2 heteroatoms. The topological polar surface area (TPSA) is 29.5 Å². The fourth-order valence-electron chi connectivity index (χ4n) is 4.62. The van der Waals surface area contributed by atoms with Crippen LogP contribution in [-0.4, -0.2) is 5.11 Å². The molecule has 5 aromatic rings. The van der Waals surface area contributed by atoms with Gasteiger partial charge in [-0.05, 0) is 51.4 Å². The standard InChI is InChI=1S/C28H20O2/c29-22-12-9-18(10-13-22)15-21-16-20-6-2-4-8-24(20)26-17-25-23-7-3-1-5-19(23)11-14-27(25)30-28(21)26/h1-14,16,29H,15,17H2. The van der Waals surface area contributed by atoms with Crippen LogP contribution in [0, 0.1) is 0 Å². The monoisotopic (exact) mass is 388 g/mol. The number of hydrogen-bond acceptors (Lipinski definition) is 2. The lowest BCUT2D eigenvalue weighted by atomic mass is 9.88. The van der Waals surface area contributed by atoms with Crippen LogP contribution in [0.4, 0.5) is 0 Å². The number of phenols is 1. The second kappa shape index (κ2) is 6.64. The Bertz CT molecular complexity index is 1410. The van der Waals surface area contributed by atoms with Crippen LogP contribution in [0.1, 0.15) is 22.3 Å². The van der Waals surface area contributed by atoms with E-state index in [1.165, 1.54) is 38.2 Å². The Labute approximate surface area is 175 Å². The maximum Gasteiger partial charge on any atom is 0.135 e. The average molecular weight is 388 g/mol. The third-order valence-electron chi connectivity index (χ3n) is 6.08. The molecule has 0 unspecified atom stereocenters. The zero-order chi connectivity index (χ0) is 20.1. The average Bonchev–Trinajstić information content (AvgIpc) is 2.79. The maximum absolute atomic E-state index is 9.63. The molecule has 0 aliphatic carbocycles. The van der Waals surface area contributed by atoms with Crippen molar-refractivity contribution in [3.05, 3.63) is 113 Å². The van der Waals surface area contributed by atoms with Crippen molar-refractivity contribution in [1.82, 2.24) is 0 Å². The Morgan fingerprint density at radius 2 is 1.40 bits per heavy atom. The van der Waals surface area contributed by atoms with Crippen LogP contribution in [0.5, 0.6) is 17.2 Å². The van der Waals surface area contributed by atoms with Crippen LogP contribution < -0.4 is 4.74 Å². The van der Waals surface area contributed by atoms with Crippen LogP contribution >= 0.6 is 0 Å². The summed E-state index contributed by atoms with van der Waals surface area (Å²) >= 11 is 0. The third-order valence-corrected chi connectivity index (χ3v) is 6.08. The van der Waals surface area contributed by atoms with Crippen molar-refractivity contribution in [2.75, 3.05) is 0 Å². The minimum Gasteiger partial charge on any atom is -0.508 e. The van der Waals surface area contributed by atoms with Crippen LogP contribution in [0.15, 0.2) is 91.0 Å². The SMILES string of the molecule is Oc1ccc(Cc2cc3ccccc3c3c2Oc2ccc4ccccc4c2C3)cc1. The predicted molar refractivity (Wildman–Crippen MR) is 122 cm³/mol. The molecule has 0 radical (unpaired) electrons. The van der Waals surface area contributed by atoms with Gasteiger partial charge in [0.05, 0.1) is 0 Å². The summed E-state index contributed by atoms with van der Waals surface area (Å²) in [6, 6.07) is 31.0. The summed E-state index contributed by atoms with van der Waals surface area (Å²) < 4.78 is 6.57.